The first-order valence-corrected chi connectivity index (χ1v) is 4.83. The van der Waals surface area contributed by atoms with Crippen LogP contribution in [-0.4, -0.2) is 12.2 Å². The Bertz CT molecular complexity index is 498. The minimum absolute atomic E-state index is 0.0619. The first kappa shape index (κ1) is 13.3. The van der Waals surface area contributed by atoms with Crippen molar-refractivity contribution in [1.29, 1.82) is 0 Å². The maximum absolute atomic E-state index is 13.3. The van der Waals surface area contributed by atoms with Crippen LogP contribution in [0.15, 0.2) is 42.5 Å². The lowest BCUT2D eigenvalue weighted by Gasteiger charge is -2.04. The number of rotatable bonds is 1. The van der Waals surface area contributed by atoms with Crippen molar-refractivity contribution in [3.8, 4) is 11.1 Å². The van der Waals surface area contributed by atoms with Crippen LogP contribution in [0.2, 0.25) is 0 Å². The van der Waals surface area contributed by atoms with E-state index >= 15 is 0 Å². The summed E-state index contributed by atoms with van der Waals surface area (Å²) < 4.78 is 39.5. The van der Waals surface area contributed by atoms with E-state index in [1.807, 2.05) is 0 Å². The molecule has 0 unspecified atom stereocenters. The van der Waals surface area contributed by atoms with Gasteiger partial charge in [-0.3, -0.25) is 0 Å². The predicted molar refractivity (Wildman–Crippen MR) is 59.9 cm³/mol. The van der Waals surface area contributed by atoms with E-state index in [-0.39, 0.29) is 11.1 Å². The van der Waals surface area contributed by atoms with Crippen LogP contribution in [0.4, 0.5) is 13.2 Å². The molecule has 0 fully saturated rings. The molecule has 0 aliphatic carbocycles. The minimum atomic E-state index is -0.638. The summed E-state index contributed by atoms with van der Waals surface area (Å²) in [6, 6.07) is 8.65. The number of hydrogen-bond donors (Lipinski definition) is 1. The highest BCUT2D eigenvalue weighted by molar-refractivity contribution is 5.64. The molecule has 17 heavy (non-hydrogen) atoms. The highest BCUT2D eigenvalue weighted by Crippen LogP contribution is 2.25. The van der Waals surface area contributed by atoms with Gasteiger partial charge in [-0.25, -0.2) is 13.2 Å². The Hall–Kier alpha value is -1.81. The molecule has 0 aliphatic rings. The monoisotopic (exact) mass is 240 g/mol. The fourth-order valence-corrected chi connectivity index (χ4v) is 1.38. The molecule has 0 heterocycles. The van der Waals surface area contributed by atoms with Gasteiger partial charge in [-0.15, -0.1) is 0 Å². The molecule has 0 radical (unpaired) electrons. The lowest BCUT2D eigenvalue weighted by molar-refractivity contribution is 0.399. The van der Waals surface area contributed by atoms with Crippen LogP contribution in [0, 0.1) is 17.5 Å². The van der Waals surface area contributed by atoms with Crippen LogP contribution in [-0.2, 0) is 0 Å². The Morgan fingerprint density at radius 2 is 1.35 bits per heavy atom. The van der Waals surface area contributed by atoms with Gasteiger partial charge in [0.15, 0.2) is 0 Å². The largest absolute Gasteiger partial charge is 0.400 e. The van der Waals surface area contributed by atoms with Gasteiger partial charge in [-0.1, -0.05) is 18.2 Å². The van der Waals surface area contributed by atoms with Gasteiger partial charge in [0.05, 0.1) is 0 Å². The predicted octanol–water partition coefficient (Wildman–Crippen LogP) is 3.38. The van der Waals surface area contributed by atoms with E-state index in [9.17, 15) is 13.2 Å². The third-order valence-corrected chi connectivity index (χ3v) is 2.09. The fraction of sp³-hybridized carbons (Fsp3) is 0.0769. The van der Waals surface area contributed by atoms with Crippen molar-refractivity contribution in [2.75, 3.05) is 7.11 Å². The molecule has 2 aromatic carbocycles. The smallest absolute Gasteiger partial charge is 0.131 e. The lowest BCUT2D eigenvalue weighted by Crippen LogP contribution is -1.89. The van der Waals surface area contributed by atoms with Gasteiger partial charge in [0.25, 0.3) is 0 Å². The molecule has 0 aliphatic heterocycles. The standard InChI is InChI=1S/C12H7F3.CH4O/c13-8-5-6-12(15)10(7-8)9-3-1-2-4-11(9)14;1-2/h1-7H;2H,1H3. The molecule has 0 atom stereocenters. The summed E-state index contributed by atoms with van der Waals surface area (Å²) in [5.74, 6) is -1.79. The van der Waals surface area contributed by atoms with Gasteiger partial charge in [0.1, 0.15) is 17.5 Å². The van der Waals surface area contributed by atoms with E-state index in [0.717, 1.165) is 25.3 Å². The third kappa shape index (κ3) is 3.07. The molecule has 1 nitrogen and oxygen atoms in total. The molecule has 2 aromatic rings. The minimum Gasteiger partial charge on any atom is -0.400 e. The average molecular weight is 240 g/mol. The van der Waals surface area contributed by atoms with Gasteiger partial charge in [-0.05, 0) is 24.3 Å². The zero-order valence-corrected chi connectivity index (χ0v) is 9.12. The second kappa shape index (κ2) is 6.06. The molecule has 90 valence electrons. The number of hydrogen-bond acceptors (Lipinski definition) is 1. The van der Waals surface area contributed by atoms with E-state index in [4.69, 9.17) is 5.11 Å². The van der Waals surface area contributed by atoms with Crippen molar-refractivity contribution < 1.29 is 18.3 Å². The summed E-state index contributed by atoms with van der Waals surface area (Å²) in [5.41, 5.74) is 0.00241. The number of aliphatic hydroxyl groups excluding tert-OH is 1. The van der Waals surface area contributed by atoms with E-state index < -0.39 is 17.5 Å². The molecule has 0 saturated carbocycles. The van der Waals surface area contributed by atoms with Gasteiger partial charge in [-0.2, -0.15) is 0 Å². The highest BCUT2D eigenvalue weighted by atomic mass is 19.1. The van der Waals surface area contributed by atoms with E-state index in [1.54, 1.807) is 6.07 Å². The van der Waals surface area contributed by atoms with Crippen LogP contribution in [0.3, 0.4) is 0 Å². The van der Waals surface area contributed by atoms with Crippen molar-refractivity contribution in [2.24, 2.45) is 0 Å². The number of aliphatic hydroxyl groups is 1. The molecule has 0 spiro atoms. The summed E-state index contributed by atoms with van der Waals surface area (Å²) in [7, 11) is 1.00. The second-order valence-electron chi connectivity index (χ2n) is 3.10. The summed E-state index contributed by atoms with van der Waals surface area (Å²) in [4.78, 5) is 0. The summed E-state index contributed by atoms with van der Waals surface area (Å²) in [6.45, 7) is 0. The zero-order valence-electron chi connectivity index (χ0n) is 9.12. The molecule has 0 amide bonds. The number of benzene rings is 2. The van der Waals surface area contributed by atoms with Gasteiger partial charge in [0.2, 0.25) is 0 Å². The van der Waals surface area contributed by atoms with Crippen molar-refractivity contribution in [1.82, 2.24) is 0 Å². The van der Waals surface area contributed by atoms with E-state index in [1.165, 1.54) is 18.2 Å². The first-order chi connectivity index (χ1) is 8.18. The van der Waals surface area contributed by atoms with Crippen molar-refractivity contribution >= 4 is 0 Å². The Balaban J connectivity index is 0.000000686. The Morgan fingerprint density at radius 1 is 0.765 bits per heavy atom. The maximum Gasteiger partial charge on any atom is 0.131 e. The number of halogens is 3. The second-order valence-corrected chi connectivity index (χ2v) is 3.10. The van der Waals surface area contributed by atoms with Crippen molar-refractivity contribution in [2.45, 2.75) is 0 Å². The third-order valence-electron chi connectivity index (χ3n) is 2.09. The molecule has 2 rings (SSSR count). The van der Waals surface area contributed by atoms with Crippen LogP contribution < -0.4 is 0 Å². The van der Waals surface area contributed by atoms with Gasteiger partial charge >= 0.3 is 0 Å². The highest BCUT2D eigenvalue weighted by Gasteiger charge is 2.09. The summed E-state index contributed by atoms with van der Waals surface area (Å²) in [6.07, 6.45) is 0. The van der Waals surface area contributed by atoms with Crippen LogP contribution in [0.5, 0.6) is 0 Å². The topological polar surface area (TPSA) is 20.2 Å². The molecule has 4 heteroatoms. The Morgan fingerprint density at radius 3 is 2.00 bits per heavy atom. The quantitative estimate of drug-likeness (QED) is 0.810. The van der Waals surface area contributed by atoms with Crippen LogP contribution in [0.1, 0.15) is 0 Å². The zero-order chi connectivity index (χ0) is 12.8. The van der Waals surface area contributed by atoms with Crippen LogP contribution >= 0.6 is 0 Å². The first-order valence-electron chi connectivity index (χ1n) is 4.83. The molecule has 1 N–H and O–H groups in total. The SMILES string of the molecule is CO.Fc1ccc(F)c(-c2ccccc2F)c1. The molecular formula is C13H11F3O. The fourth-order valence-electron chi connectivity index (χ4n) is 1.38. The average Bonchev–Trinajstić information content (AvgIpc) is 2.36. The molecule has 0 aromatic heterocycles. The molecule has 0 bridgehead atoms. The summed E-state index contributed by atoms with van der Waals surface area (Å²) >= 11 is 0. The van der Waals surface area contributed by atoms with E-state index in [2.05, 4.69) is 0 Å². The van der Waals surface area contributed by atoms with Crippen LogP contribution in [0.25, 0.3) is 11.1 Å². The van der Waals surface area contributed by atoms with E-state index in [0.29, 0.717) is 0 Å². The van der Waals surface area contributed by atoms with Gasteiger partial charge in [0, 0.05) is 18.2 Å². The van der Waals surface area contributed by atoms with Crippen molar-refractivity contribution in [3.63, 3.8) is 0 Å². The van der Waals surface area contributed by atoms with Crippen molar-refractivity contribution in [3.05, 3.63) is 59.9 Å². The van der Waals surface area contributed by atoms with Gasteiger partial charge < -0.3 is 5.11 Å². The maximum atomic E-state index is 13.3. The molecular weight excluding hydrogens is 229 g/mol. The Kier molecular flexibility index (Phi) is 4.72. The summed E-state index contributed by atoms with van der Waals surface area (Å²) in [5, 5.41) is 7.00. The normalized spacial score (nSPS) is 9.47. The Labute approximate surface area is 97.2 Å². The lowest BCUT2D eigenvalue weighted by atomic mass is 10.0. The molecule has 0 saturated heterocycles.